The minimum atomic E-state index is 0.0534. The minimum absolute atomic E-state index is 0.0534. The number of aliphatic hydroxyl groups excluding tert-OH is 1. The summed E-state index contributed by atoms with van der Waals surface area (Å²) in [5.74, 6) is 2.60. The lowest BCUT2D eigenvalue weighted by Crippen LogP contribution is -2.55. The molecule has 0 aromatic rings. The lowest BCUT2D eigenvalue weighted by Gasteiger charge is -2.62. The van der Waals surface area contributed by atoms with Crippen LogP contribution < -0.4 is 0 Å². The highest BCUT2D eigenvalue weighted by Gasteiger charge is 2.60. The molecule has 0 amide bonds. The smallest absolute Gasteiger partial charge is 0.0624 e. The van der Waals surface area contributed by atoms with E-state index in [0.29, 0.717) is 16.7 Å². The van der Waals surface area contributed by atoms with E-state index in [1.165, 1.54) is 51.4 Å². The van der Waals surface area contributed by atoms with Gasteiger partial charge in [0.25, 0.3) is 0 Å². The van der Waals surface area contributed by atoms with Gasteiger partial charge in [-0.1, -0.05) is 6.92 Å². The molecule has 0 aromatic carbocycles. The quantitative estimate of drug-likeness (QED) is 0.756. The van der Waals surface area contributed by atoms with Gasteiger partial charge in [-0.05, 0) is 80.0 Å². The van der Waals surface area contributed by atoms with Crippen molar-refractivity contribution < 1.29 is 5.11 Å². The zero-order valence-corrected chi connectivity index (χ0v) is 10.4. The summed E-state index contributed by atoms with van der Waals surface area (Å²) >= 11 is 0. The summed E-state index contributed by atoms with van der Waals surface area (Å²) in [7, 11) is 0. The molecule has 1 N–H and O–H groups in total. The third-order valence-electron chi connectivity index (χ3n) is 6.09. The van der Waals surface area contributed by atoms with Gasteiger partial charge in [0.15, 0.2) is 0 Å². The van der Waals surface area contributed by atoms with E-state index >= 15 is 0 Å². The van der Waals surface area contributed by atoms with Crippen molar-refractivity contribution in [3.63, 3.8) is 0 Å². The molecular formula is C15H24O. The van der Waals surface area contributed by atoms with Gasteiger partial charge in [0.2, 0.25) is 0 Å². The standard InChI is InChI=1S/C15H24O/c1-14-5-10-4-11(6-14)8-15(7-10,9-14)13(16)12-2-3-12/h10-13,16H,2-9H2,1H3. The van der Waals surface area contributed by atoms with Crippen LogP contribution in [0.4, 0.5) is 0 Å². The molecule has 0 aromatic heterocycles. The van der Waals surface area contributed by atoms with Gasteiger partial charge < -0.3 is 5.11 Å². The molecule has 16 heavy (non-hydrogen) atoms. The second-order valence-corrected chi connectivity index (χ2v) is 7.92. The Bertz CT molecular complexity index is 303. The van der Waals surface area contributed by atoms with Crippen molar-refractivity contribution in [2.24, 2.45) is 28.6 Å². The first kappa shape index (κ1) is 9.94. The third kappa shape index (κ3) is 1.27. The molecule has 0 saturated heterocycles. The predicted molar refractivity (Wildman–Crippen MR) is 64.0 cm³/mol. The lowest BCUT2D eigenvalue weighted by atomic mass is 9.43. The van der Waals surface area contributed by atoms with E-state index in [9.17, 15) is 5.11 Å². The van der Waals surface area contributed by atoms with E-state index in [0.717, 1.165) is 11.8 Å². The zero-order valence-electron chi connectivity index (χ0n) is 10.4. The van der Waals surface area contributed by atoms with Crippen LogP contribution in [0.3, 0.4) is 0 Å². The van der Waals surface area contributed by atoms with Gasteiger partial charge in [0.1, 0.15) is 0 Å². The Morgan fingerprint density at radius 3 is 2.19 bits per heavy atom. The summed E-state index contributed by atoms with van der Waals surface area (Å²) in [5.41, 5.74) is 0.958. The average molecular weight is 220 g/mol. The number of hydrogen-bond acceptors (Lipinski definition) is 1. The van der Waals surface area contributed by atoms with Gasteiger partial charge in [0.05, 0.1) is 6.10 Å². The van der Waals surface area contributed by atoms with Crippen LogP contribution in [-0.4, -0.2) is 11.2 Å². The van der Waals surface area contributed by atoms with Crippen molar-refractivity contribution >= 4 is 0 Å². The molecule has 0 aliphatic heterocycles. The average Bonchev–Trinajstić information content (AvgIpc) is 2.95. The van der Waals surface area contributed by atoms with Crippen molar-refractivity contribution in [1.82, 2.24) is 0 Å². The Labute approximate surface area is 98.6 Å². The zero-order chi connectivity index (χ0) is 11.0. The maximum atomic E-state index is 10.7. The SMILES string of the molecule is CC12CC3CC(C1)CC(C(O)C1CC1)(C3)C2. The largest absolute Gasteiger partial charge is 0.392 e. The van der Waals surface area contributed by atoms with Gasteiger partial charge in [-0.2, -0.15) is 0 Å². The van der Waals surface area contributed by atoms with Crippen molar-refractivity contribution in [2.45, 2.75) is 64.4 Å². The molecule has 5 fully saturated rings. The summed E-state index contributed by atoms with van der Waals surface area (Å²) in [6, 6.07) is 0. The first-order valence-corrected chi connectivity index (χ1v) is 7.27. The number of aliphatic hydroxyl groups is 1. The third-order valence-corrected chi connectivity index (χ3v) is 6.09. The first-order valence-electron chi connectivity index (χ1n) is 7.27. The van der Waals surface area contributed by atoms with Gasteiger partial charge in [0, 0.05) is 0 Å². The van der Waals surface area contributed by atoms with Gasteiger partial charge in [-0.3, -0.25) is 0 Å². The monoisotopic (exact) mass is 220 g/mol. The maximum absolute atomic E-state index is 10.7. The summed E-state index contributed by atoms with van der Waals surface area (Å²) in [5, 5.41) is 10.7. The summed E-state index contributed by atoms with van der Waals surface area (Å²) in [4.78, 5) is 0. The maximum Gasteiger partial charge on any atom is 0.0624 e. The fourth-order valence-electron chi connectivity index (χ4n) is 6.06. The summed E-state index contributed by atoms with van der Waals surface area (Å²) in [6.45, 7) is 2.50. The van der Waals surface area contributed by atoms with Crippen molar-refractivity contribution in [2.75, 3.05) is 0 Å². The van der Waals surface area contributed by atoms with Crippen molar-refractivity contribution in [3.05, 3.63) is 0 Å². The Balaban J connectivity index is 1.68. The van der Waals surface area contributed by atoms with Crippen LogP contribution in [-0.2, 0) is 0 Å². The number of hydrogen-bond donors (Lipinski definition) is 1. The normalized spacial score (nSPS) is 56.6. The van der Waals surface area contributed by atoms with Crippen LogP contribution in [0.5, 0.6) is 0 Å². The van der Waals surface area contributed by atoms with E-state index in [1.807, 2.05) is 0 Å². The summed E-state index contributed by atoms with van der Waals surface area (Å²) in [6.07, 6.45) is 11.1. The van der Waals surface area contributed by atoms with Gasteiger partial charge in [-0.15, -0.1) is 0 Å². The van der Waals surface area contributed by atoms with E-state index in [-0.39, 0.29) is 6.10 Å². The van der Waals surface area contributed by atoms with Gasteiger partial charge >= 0.3 is 0 Å². The molecule has 1 nitrogen and oxygen atoms in total. The van der Waals surface area contributed by atoms with Crippen LogP contribution in [0.15, 0.2) is 0 Å². The Hall–Kier alpha value is -0.0400. The highest BCUT2D eigenvalue weighted by Crippen LogP contribution is 2.67. The molecule has 0 spiro atoms. The van der Waals surface area contributed by atoms with Crippen LogP contribution in [0.1, 0.15) is 58.3 Å². The van der Waals surface area contributed by atoms with Crippen LogP contribution in [0.25, 0.3) is 0 Å². The van der Waals surface area contributed by atoms with E-state index in [2.05, 4.69) is 6.92 Å². The van der Waals surface area contributed by atoms with E-state index in [4.69, 9.17) is 0 Å². The van der Waals surface area contributed by atoms with Crippen molar-refractivity contribution in [1.29, 1.82) is 0 Å². The molecular weight excluding hydrogens is 196 g/mol. The van der Waals surface area contributed by atoms with Gasteiger partial charge in [-0.25, -0.2) is 0 Å². The molecule has 1 heteroatoms. The predicted octanol–water partition coefficient (Wildman–Crippen LogP) is 3.36. The van der Waals surface area contributed by atoms with E-state index < -0.39 is 0 Å². The molecule has 0 heterocycles. The number of rotatable bonds is 2. The Morgan fingerprint density at radius 2 is 1.69 bits per heavy atom. The fraction of sp³-hybridized carbons (Fsp3) is 1.00. The highest BCUT2D eigenvalue weighted by atomic mass is 16.3. The highest BCUT2D eigenvalue weighted by molar-refractivity contribution is 5.10. The molecule has 3 unspecified atom stereocenters. The second-order valence-electron chi connectivity index (χ2n) is 7.92. The molecule has 4 bridgehead atoms. The molecule has 5 aliphatic carbocycles. The lowest BCUT2D eigenvalue weighted by molar-refractivity contribution is -0.158. The van der Waals surface area contributed by atoms with Crippen LogP contribution in [0, 0.1) is 28.6 Å². The molecule has 5 aliphatic rings. The molecule has 3 atom stereocenters. The Kier molecular flexibility index (Phi) is 1.77. The first-order chi connectivity index (χ1) is 7.59. The minimum Gasteiger partial charge on any atom is -0.392 e. The summed E-state index contributed by atoms with van der Waals surface area (Å²) < 4.78 is 0. The van der Waals surface area contributed by atoms with E-state index in [1.54, 1.807) is 0 Å². The Morgan fingerprint density at radius 1 is 1.06 bits per heavy atom. The van der Waals surface area contributed by atoms with Crippen LogP contribution >= 0.6 is 0 Å². The van der Waals surface area contributed by atoms with Crippen LogP contribution in [0.2, 0.25) is 0 Å². The molecule has 5 saturated carbocycles. The molecule has 5 rings (SSSR count). The molecule has 90 valence electrons. The van der Waals surface area contributed by atoms with Crippen molar-refractivity contribution in [3.8, 4) is 0 Å². The fourth-order valence-corrected chi connectivity index (χ4v) is 6.06. The topological polar surface area (TPSA) is 20.2 Å². The second kappa shape index (κ2) is 2.85. The molecule has 0 radical (unpaired) electrons.